The lowest BCUT2D eigenvalue weighted by Gasteiger charge is -2.22. The van der Waals surface area contributed by atoms with Crippen molar-refractivity contribution in [1.29, 1.82) is 0 Å². The number of rotatable bonds is 4. The fourth-order valence-corrected chi connectivity index (χ4v) is 5.56. The van der Waals surface area contributed by atoms with Crippen molar-refractivity contribution in [3.63, 3.8) is 0 Å². The van der Waals surface area contributed by atoms with E-state index in [0.29, 0.717) is 29.2 Å². The Labute approximate surface area is 199 Å². The minimum absolute atomic E-state index is 0.0132. The van der Waals surface area contributed by atoms with Crippen LogP contribution in [0, 0.1) is 0 Å². The highest BCUT2D eigenvalue weighted by Crippen LogP contribution is 2.26. The predicted octanol–water partition coefficient (Wildman–Crippen LogP) is 3.60. The number of nitrogens with one attached hydrogen (secondary N) is 1. The highest BCUT2D eigenvalue weighted by Gasteiger charge is 2.28. The summed E-state index contributed by atoms with van der Waals surface area (Å²) < 4.78 is 28.3. The second kappa shape index (κ2) is 9.40. The van der Waals surface area contributed by atoms with Crippen LogP contribution < -0.4 is 5.32 Å². The number of fused-ring (bicyclic) bond motifs is 1. The van der Waals surface area contributed by atoms with Crippen molar-refractivity contribution in [3.05, 3.63) is 95.6 Å². The molecule has 1 fully saturated rings. The summed E-state index contributed by atoms with van der Waals surface area (Å²) >= 11 is 0. The first kappa shape index (κ1) is 22.3. The zero-order chi connectivity index (χ0) is 23.5. The van der Waals surface area contributed by atoms with Crippen LogP contribution in [0.5, 0.6) is 0 Å². The molecule has 3 aromatic carbocycles. The first-order chi connectivity index (χ1) is 16.5. The molecule has 174 valence electrons. The summed E-state index contributed by atoms with van der Waals surface area (Å²) in [5.74, 6) is 0.306. The summed E-state index contributed by atoms with van der Waals surface area (Å²) in [5.41, 5.74) is 3.12. The van der Waals surface area contributed by atoms with Crippen molar-refractivity contribution < 1.29 is 13.2 Å². The van der Waals surface area contributed by atoms with Crippen LogP contribution in [0.1, 0.15) is 27.9 Å². The van der Waals surface area contributed by atoms with Gasteiger partial charge in [-0.15, -0.1) is 4.40 Å². The summed E-state index contributed by atoms with van der Waals surface area (Å²) in [6.07, 6.45) is 0.936. The maximum Gasteiger partial charge on any atom is 0.285 e. The summed E-state index contributed by atoms with van der Waals surface area (Å²) in [6, 6.07) is 24.2. The Hall–Kier alpha value is -3.49. The summed E-state index contributed by atoms with van der Waals surface area (Å²) in [4.78, 5) is 17.6. The van der Waals surface area contributed by atoms with E-state index in [1.54, 1.807) is 48.5 Å². The Morgan fingerprint density at radius 1 is 0.853 bits per heavy atom. The summed E-state index contributed by atoms with van der Waals surface area (Å²) in [7, 11) is -3.68. The molecule has 0 unspecified atom stereocenters. The molecule has 0 aromatic heterocycles. The SMILES string of the molecule is O=C(c1ccc(NC2=NS(=O)(=O)c3ccccc32)cc1)N1CCCN(Cc2ccccc2)CC1. The third kappa shape index (κ3) is 4.73. The molecule has 8 heteroatoms. The lowest BCUT2D eigenvalue weighted by molar-refractivity contribution is 0.0761. The molecule has 2 aliphatic heterocycles. The Morgan fingerprint density at radius 2 is 1.59 bits per heavy atom. The molecular formula is C26H26N4O3S. The van der Waals surface area contributed by atoms with Gasteiger partial charge in [-0.05, 0) is 48.4 Å². The second-order valence-corrected chi connectivity index (χ2v) is 10.1. The third-order valence-electron chi connectivity index (χ3n) is 6.15. The second-order valence-electron chi connectivity index (χ2n) is 8.52. The maximum atomic E-state index is 13.1. The van der Waals surface area contributed by atoms with E-state index in [4.69, 9.17) is 0 Å². The number of hydrogen-bond donors (Lipinski definition) is 1. The first-order valence-corrected chi connectivity index (χ1v) is 12.8. The lowest BCUT2D eigenvalue weighted by atomic mass is 10.1. The molecular weight excluding hydrogens is 448 g/mol. The topological polar surface area (TPSA) is 82.1 Å². The van der Waals surface area contributed by atoms with Gasteiger partial charge >= 0.3 is 0 Å². The van der Waals surface area contributed by atoms with E-state index >= 15 is 0 Å². The monoisotopic (exact) mass is 474 g/mol. The Balaban J connectivity index is 1.22. The third-order valence-corrected chi connectivity index (χ3v) is 7.49. The minimum Gasteiger partial charge on any atom is -0.339 e. The van der Waals surface area contributed by atoms with Gasteiger partial charge < -0.3 is 10.2 Å². The van der Waals surface area contributed by atoms with Gasteiger partial charge in [-0.3, -0.25) is 9.69 Å². The van der Waals surface area contributed by atoms with E-state index in [9.17, 15) is 13.2 Å². The molecule has 1 N–H and O–H groups in total. The number of carbonyl (C=O) groups is 1. The van der Waals surface area contributed by atoms with Gasteiger partial charge in [0.25, 0.3) is 15.9 Å². The average molecular weight is 475 g/mol. The van der Waals surface area contributed by atoms with Gasteiger partial charge in [0.15, 0.2) is 5.84 Å². The molecule has 34 heavy (non-hydrogen) atoms. The van der Waals surface area contributed by atoms with E-state index in [0.717, 1.165) is 32.6 Å². The minimum atomic E-state index is -3.68. The normalized spacial score (nSPS) is 17.5. The molecule has 0 saturated carbocycles. The van der Waals surface area contributed by atoms with Gasteiger partial charge in [-0.2, -0.15) is 8.42 Å². The number of sulfonamides is 1. The number of amides is 1. The maximum absolute atomic E-state index is 13.1. The molecule has 3 aromatic rings. The van der Waals surface area contributed by atoms with Crippen molar-refractivity contribution in [2.24, 2.45) is 4.40 Å². The van der Waals surface area contributed by atoms with Crippen LogP contribution in [0.25, 0.3) is 0 Å². The first-order valence-electron chi connectivity index (χ1n) is 11.4. The van der Waals surface area contributed by atoms with Crippen LogP contribution in [0.15, 0.2) is 88.2 Å². The van der Waals surface area contributed by atoms with Gasteiger partial charge in [-0.1, -0.05) is 42.5 Å². The Kier molecular flexibility index (Phi) is 6.17. The molecule has 2 aliphatic rings. The number of benzene rings is 3. The van der Waals surface area contributed by atoms with E-state index in [1.807, 2.05) is 11.0 Å². The van der Waals surface area contributed by atoms with E-state index < -0.39 is 10.0 Å². The largest absolute Gasteiger partial charge is 0.339 e. The van der Waals surface area contributed by atoms with Gasteiger partial charge in [0, 0.05) is 49.5 Å². The van der Waals surface area contributed by atoms with Crippen LogP contribution in [-0.4, -0.2) is 56.1 Å². The molecule has 1 saturated heterocycles. The van der Waals surface area contributed by atoms with E-state index in [1.165, 1.54) is 5.56 Å². The van der Waals surface area contributed by atoms with Crippen LogP contribution in [0.4, 0.5) is 5.69 Å². The Bertz CT molecular complexity index is 1320. The van der Waals surface area contributed by atoms with Crippen molar-refractivity contribution in [1.82, 2.24) is 9.80 Å². The fraction of sp³-hybridized carbons (Fsp3) is 0.231. The van der Waals surface area contributed by atoms with E-state index in [-0.39, 0.29) is 10.8 Å². The van der Waals surface area contributed by atoms with Crippen LogP contribution in [0.2, 0.25) is 0 Å². The van der Waals surface area contributed by atoms with Crippen LogP contribution in [0.3, 0.4) is 0 Å². The number of hydrogen-bond acceptors (Lipinski definition) is 5. The van der Waals surface area contributed by atoms with Crippen molar-refractivity contribution >= 4 is 27.5 Å². The summed E-state index contributed by atoms with van der Waals surface area (Å²) in [6.45, 7) is 4.13. The smallest absolute Gasteiger partial charge is 0.285 e. The van der Waals surface area contributed by atoms with Crippen molar-refractivity contribution in [3.8, 4) is 0 Å². The summed E-state index contributed by atoms with van der Waals surface area (Å²) in [5, 5.41) is 3.08. The lowest BCUT2D eigenvalue weighted by Crippen LogP contribution is -2.35. The number of carbonyl (C=O) groups excluding carboxylic acids is 1. The molecule has 7 nitrogen and oxygen atoms in total. The van der Waals surface area contributed by atoms with Crippen molar-refractivity contribution in [2.75, 3.05) is 31.5 Å². The molecule has 2 heterocycles. The molecule has 0 atom stereocenters. The van der Waals surface area contributed by atoms with Gasteiger partial charge in [0.2, 0.25) is 0 Å². The molecule has 0 spiro atoms. The van der Waals surface area contributed by atoms with Crippen molar-refractivity contribution in [2.45, 2.75) is 17.9 Å². The number of amidine groups is 1. The van der Waals surface area contributed by atoms with Gasteiger partial charge in [-0.25, -0.2) is 0 Å². The average Bonchev–Trinajstić information content (AvgIpc) is 2.98. The Morgan fingerprint density at radius 3 is 2.38 bits per heavy atom. The quantitative estimate of drug-likeness (QED) is 0.625. The molecule has 0 aliphatic carbocycles. The highest BCUT2D eigenvalue weighted by molar-refractivity contribution is 7.90. The zero-order valence-electron chi connectivity index (χ0n) is 18.7. The highest BCUT2D eigenvalue weighted by atomic mass is 32.2. The predicted molar refractivity (Wildman–Crippen MR) is 132 cm³/mol. The fourth-order valence-electron chi connectivity index (χ4n) is 4.39. The zero-order valence-corrected chi connectivity index (χ0v) is 19.5. The van der Waals surface area contributed by atoms with E-state index in [2.05, 4.69) is 38.9 Å². The van der Waals surface area contributed by atoms with Crippen LogP contribution >= 0.6 is 0 Å². The van der Waals surface area contributed by atoms with Gasteiger partial charge in [0.05, 0.1) is 0 Å². The molecule has 0 radical (unpaired) electrons. The number of anilines is 1. The van der Waals surface area contributed by atoms with Gasteiger partial charge in [0.1, 0.15) is 4.90 Å². The van der Waals surface area contributed by atoms with Crippen LogP contribution in [-0.2, 0) is 16.6 Å². The molecule has 5 rings (SSSR count). The molecule has 0 bridgehead atoms. The number of nitrogens with zero attached hydrogens (tertiary/aromatic N) is 3. The molecule has 1 amide bonds. The standard InChI is InChI=1S/C26H26N4O3S/c31-26(30-16-6-15-29(17-18-30)19-20-7-2-1-3-8-20)21-11-13-22(14-12-21)27-25-23-9-4-5-10-24(23)34(32,33)28-25/h1-5,7-14H,6,15-19H2,(H,27,28).